The van der Waals surface area contributed by atoms with Gasteiger partial charge in [-0.15, -0.1) is 11.8 Å². The van der Waals surface area contributed by atoms with Crippen molar-refractivity contribution >= 4 is 40.5 Å². The Hall–Kier alpha value is -2.50. The van der Waals surface area contributed by atoms with Crippen molar-refractivity contribution in [3.8, 4) is 0 Å². The van der Waals surface area contributed by atoms with Gasteiger partial charge in [-0.2, -0.15) is 0 Å². The topological polar surface area (TPSA) is 27.3 Å². The molecule has 3 aromatic carbocycles. The SMILES string of the molecule is CN(CCCNC(=S)Nc1ccc(CSc2ccccc2)cc1)c1ccccc1. The molecular formula is C24H27N3S2. The second kappa shape index (κ2) is 11.5. The predicted molar refractivity (Wildman–Crippen MR) is 131 cm³/mol. The number of rotatable bonds is 9. The van der Waals surface area contributed by atoms with Gasteiger partial charge < -0.3 is 15.5 Å². The first kappa shape index (κ1) is 21.2. The fraction of sp³-hybridized carbons (Fsp3) is 0.208. The van der Waals surface area contributed by atoms with Gasteiger partial charge in [-0.05, 0) is 60.6 Å². The highest BCUT2D eigenvalue weighted by Gasteiger charge is 2.02. The molecule has 0 atom stereocenters. The minimum Gasteiger partial charge on any atom is -0.375 e. The molecule has 0 saturated heterocycles. The molecule has 5 heteroatoms. The Morgan fingerprint density at radius 2 is 1.55 bits per heavy atom. The predicted octanol–water partition coefficient (Wildman–Crippen LogP) is 5.79. The molecule has 0 aliphatic carbocycles. The van der Waals surface area contributed by atoms with Gasteiger partial charge in [-0.25, -0.2) is 0 Å². The summed E-state index contributed by atoms with van der Waals surface area (Å²) in [5, 5.41) is 7.22. The van der Waals surface area contributed by atoms with Gasteiger partial charge in [0.15, 0.2) is 5.11 Å². The largest absolute Gasteiger partial charge is 0.375 e. The van der Waals surface area contributed by atoms with Crippen LogP contribution < -0.4 is 15.5 Å². The zero-order chi connectivity index (χ0) is 20.3. The normalized spacial score (nSPS) is 10.4. The Morgan fingerprint density at radius 3 is 2.24 bits per heavy atom. The van der Waals surface area contributed by atoms with Crippen LogP contribution in [0.4, 0.5) is 11.4 Å². The Bertz CT molecular complexity index is 868. The second-order valence-electron chi connectivity index (χ2n) is 6.79. The van der Waals surface area contributed by atoms with Crippen LogP contribution in [0.2, 0.25) is 0 Å². The zero-order valence-corrected chi connectivity index (χ0v) is 18.3. The summed E-state index contributed by atoms with van der Waals surface area (Å²) >= 11 is 7.26. The Labute approximate surface area is 183 Å². The summed E-state index contributed by atoms with van der Waals surface area (Å²) in [6, 6.07) is 29.4. The summed E-state index contributed by atoms with van der Waals surface area (Å²) in [4.78, 5) is 3.54. The third-order valence-electron chi connectivity index (χ3n) is 4.51. The molecule has 3 rings (SSSR count). The van der Waals surface area contributed by atoms with E-state index in [4.69, 9.17) is 12.2 Å². The van der Waals surface area contributed by atoms with Crippen molar-refractivity contribution in [2.24, 2.45) is 0 Å². The quantitative estimate of drug-likeness (QED) is 0.259. The van der Waals surface area contributed by atoms with Crippen LogP contribution in [0, 0.1) is 0 Å². The molecule has 0 unspecified atom stereocenters. The molecule has 3 nitrogen and oxygen atoms in total. The van der Waals surface area contributed by atoms with Crippen LogP contribution in [0.1, 0.15) is 12.0 Å². The Morgan fingerprint density at radius 1 is 0.897 bits per heavy atom. The fourth-order valence-corrected chi connectivity index (χ4v) is 3.97. The van der Waals surface area contributed by atoms with Crippen molar-refractivity contribution in [2.75, 3.05) is 30.4 Å². The molecule has 0 aromatic heterocycles. The summed E-state index contributed by atoms with van der Waals surface area (Å²) in [6.07, 6.45) is 1.02. The van der Waals surface area contributed by atoms with E-state index in [1.54, 1.807) is 0 Å². The molecule has 3 aromatic rings. The molecule has 0 spiro atoms. The molecule has 0 fully saturated rings. The van der Waals surface area contributed by atoms with Gasteiger partial charge in [-0.1, -0.05) is 48.5 Å². The molecule has 29 heavy (non-hydrogen) atoms. The Kier molecular flexibility index (Phi) is 8.40. The van der Waals surface area contributed by atoms with E-state index in [0.29, 0.717) is 5.11 Å². The highest BCUT2D eigenvalue weighted by molar-refractivity contribution is 7.98. The van der Waals surface area contributed by atoms with Crippen molar-refractivity contribution < 1.29 is 0 Å². The lowest BCUT2D eigenvalue weighted by atomic mass is 10.2. The second-order valence-corrected chi connectivity index (χ2v) is 8.25. The van der Waals surface area contributed by atoms with Crippen LogP contribution in [0.15, 0.2) is 89.8 Å². The minimum absolute atomic E-state index is 0.666. The molecule has 0 radical (unpaired) electrons. The van der Waals surface area contributed by atoms with E-state index in [2.05, 4.69) is 95.4 Å². The maximum atomic E-state index is 5.42. The van der Waals surface area contributed by atoms with Gasteiger partial charge in [0.25, 0.3) is 0 Å². The molecule has 0 aliphatic rings. The molecular weight excluding hydrogens is 394 g/mol. The average molecular weight is 422 g/mol. The van der Waals surface area contributed by atoms with E-state index in [9.17, 15) is 0 Å². The van der Waals surface area contributed by atoms with Crippen LogP contribution >= 0.6 is 24.0 Å². The smallest absolute Gasteiger partial charge is 0.170 e. The monoisotopic (exact) mass is 421 g/mol. The standard InChI is InChI=1S/C24H27N3S2/c1-27(22-9-4-2-5-10-22)18-8-17-25-24(28)26-21-15-13-20(14-16-21)19-29-23-11-6-3-7-12-23/h2-7,9-16H,8,17-19H2,1H3,(H2,25,26,28). The number of nitrogens with zero attached hydrogens (tertiary/aromatic N) is 1. The van der Waals surface area contributed by atoms with Crippen molar-refractivity contribution in [3.05, 3.63) is 90.5 Å². The number of anilines is 2. The number of thioether (sulfide) groups is 1. The van der Waals surface area contributed by atoms with E-state index in [1.807, 2.05) is 23.9 Å². The molecule has 0 bridgehead atoms. The minimum atomic E-state index is 0.666. The first-order chi connectivity index (χ1) is 14.2. The van der Waals surface area contributed by atoms with Crippen molar-refractivity contribution in [2.45, 2.75) is 17.1 Å². The van der Waals surface area contributed by atoms with Gasteiger partial charge >= 0.3 is 0 Å². The third-order valence-corrected chi connectivity index (χ3v) is 5.84. The van der Waals surface area contributed by atoms with Crippen LogP contribution in [0.3, 0.4) is 0 Å². The van der Waals surface area contributed by atoms with Crippen LogP contribution in [0.25, 0.3) is 0 Å². The maximum Gasteiger partial charge on any atom is 0.170 e. The Balaban J connectivity index is 1.35. The summed E-state index contributed by atoms with van der Waals surface area (Å²) in [6.45, 7) is 1.82. The summed E-state index contributed by atoms with van der Waals surface area (Å²) in [5.41, 5.74) is 3.54. The molecule has 0 saturated carbocycles. The average Bonchev–Trinajstić information content (AvgIpc) is 2.77. The van der Waals surface area contributed by atoms with E-state index in [1.165, 1.54) is 16.1 Å². The first-order valence-corrected chi connectivity index (χ1v) is 11.2. The highest BCUT2D eigenvalue weighted by atomic mass is 32.2. The lowest BCUT2D eigenvalue weighted by Crippen LogP contribution is -2.31. The third kappa shape index (κ3) is 7.44. The summed E-state index contributed by atoms with van der Waals surface area (Å²) in [5.74, 6) is 0.960. The van der Waals surface area contributed by atoms with Crippen LogP contribution in [-0.4, -0.2) is 25.2 Å². The van der Waals surface area contributed by atoms with E-state index >= 15 is 0 Å². The number of para-hydroxylation sites is 1. The number of nitrogens with one attached hydrogen (secondary N) is 2. The first-order valence-electron chi connectivity index (χ1n) is 9.78. The van der Waals surface area contributed by atoms with E-state index in [-0.39, 0.29) is 0 Å². The molecule has 0 aliphatic heterocycles. The summed E-state index contributed by atoms with van der Waals surface area (Å²) < 4.78 is 0. The van der Waals surface area contributed by atoms with Crippen LogP contribution in [-0.2, 0) is 5.75 Å². The molecule has 2 N–H and O–H groups in total. The van der Waals surface area contributed by atoms with E-state index in [0.717, 1.165) is 31.0 Å². The number of hydrogen-bond acceptors (Lipinski definition) is 3. The summed E-state index contributed by atoms with van der Waals surface area (Å²) in [7, 11) is 2.11. The lowest BCUT2D eigenvalue weighted by molar-refractivity contribution is 0.755. The van der Waals surface area contributed by atoms with E-state index < -0.39 is 0 Å². The number of benzene rings is 3. The van der Waals surface area contributed by atoms with Crippen molar-refractivity contribution in [1.82, 2.24) is 5.32 Å². The van der Waals surface area contributed by atoms with Crippen molar-refractivity contribution in [3.63, 3.8) is 0 Å². The van der Waals surface area contributed by atoms with Gasteiger partial charge in [0, 0.05) is 42.2 Å². The zero-order valence-electron chi connectivity index (χ0n) is 16.7. The van der Waals surface area contributed by atoms with Gasteiger partial charge in [0.05, 0.1) is 0 Å². The molecule has 150 valence electrons. The van der Waals surface area contributed by atoms with Crippen LogP contribution in [0.5, 0.6) is 0 Å². The highest BCUT2D eigenvalue weighted by Crippen LogP contribution is 2.23. The lowest BCUT2D eigenvalue weighted by Gasteiger charge is -2.19. The van der Waals surface area contributed by atoms with Crippen molar-refractivity contribution in [1.29, 1.82) is 0 Å². The van der Waals surface area contributed by atoms with Gasteiger partial charge in [0.2, 0.25) is 0 Å². The number of hydrogen-bond donors (Lipinski definition) is 2. The molecule has 0 amide bonds. The fourth-order valence-electron chi connectivity index (χ4n) is 2.87. The van der Waals surface area contributed by atoms with Gasteiger partial charge in [0.1, 0.15) is 0 Å². The van der Waals surface area contributed by atoms with Gasteiger partial charge in [-0.3, -0.25) is 0 Å². The maximum absolute atomic E-state index is 5.42. The number of thiocarbonyl (C=S) groups is 1. The molecule has 0 heterocycles.